The maximum Gasteiger partial charge on any atom is 0.257 e. The number of thiazole rings is 1. The lowest BCUT2D eigenvalue weighted by Crippen LogP contribution is -2.35. The van der Waals surface area contributed by atoms with Gasteiger partial charge in [-0.05, 0) is 48.1 Å². The first-order valence-corrected chi connectivity index (χ1v) is 11.0. The molecule has 2 N–H and O–H groups in total. The van der Waals surface area contributed by atoms with Gasteiger partial charge in [-0.2, -0.15) is 0 Å². The van der Waals surface area contributed by atoms with Crippen LogP contribution >= 0.6 is 11.3 Å². The van der Waals surface area contributed by atoms with E-state index in [0.29, 0.717) is 11.3 Å². The van der Waals surface area contributed by atoms with E-state index in [1.165, 1.54) is 11.3 Å². The second-order valence-corrected chi connectivity index (χ2v) is 8.57. The summed E-state index contributed by atoms with van der Waals surface area (Å²) in [6.45, 7) is 2.63. The Bertz CT molecular complexity index is 1230. The van der Waals surface area contributed by atoms with E-state index in [9.17, 15) is 9.90 Å². The van der Waals surface area contributed by atoms with Crippen LogP contribution in [0, 0.1) is 0 Å². The molecule has 1 aromatic carbocycles. The minimum Gasteiger partial charge on any atom is -0.393 e. The fraction of sp³-hybridized carbons (Fsp3) is 0.261. The molecular formula is C23H24N4O2S. The van der Waals surface area contributed by atoms with Gasteiger partial charge in [-0.1, -0.05) is 12.1 Å². The van der Waals surface area contributed by atoms with Crippen molar-refractivity contribution < 1.29 is 6.53 Å². The highest BCUT2D eigenvalue weighted by Crippen LogP contribution is 2.28. The zero-order valence-electron chi connectivity index (χ0n) is 16.4. The Labute approximate surface area is 179 Å². The number of likely N-dealkylation sites (tertiary alicyclic amines) is 1. The summed E-state index contributed by atoms with van der Waals surface area (Å²) in [4.78, 5) is 26.9. The Morgan fingerprint density at radius 2 is 1.97 bits per heavy atom. The molecule has 0 aliphatic carbocycles. The van der Waals surface area contributed by atoms with Crippen molar-refractivity contribution >= 4 is 22.2 Å². The zero-order valence-corrected chi connectivity index (χ0v) is 17.2. The average Bonchev–Trinajstić information content (AvgIpc) is 3.25. The maximum absolute atomic E-state index is 12.8. The molecule has 0 bridgehead atoms. The summed E-state index contributed by atoms with van der Waals surface area (Å²) in [6, 6.07) is 12.0. The predicted octanol–water partition coefficient (Wildman–Crippen LogP) is 3.92. The largest absolute Gasteiger partial charge is 0.393 e. The first-order valence-electron chi connectivity index (χ1n) is 10.1. The number of pyridine rings is 2. The topological polar surface area (TPSA) is 82.1 Å². The quantitative estimate of drug-likeness (QED) is 0.523. The maximum atomic E-state index is 12.8. The van der Waals surface area contributed by atoms with E-state index < -0.39 is 0 Å². The third-order valence-electron chi connectivity index (χ3n) is 5.58. The van der Waals surface area contributed by atoms with Crippen molar-refractivity contribution in [2.45, 2.75) is 25.5 Å². The van der Waals surface area contributed by atoms with Gasteiger partial charge in [-0.3, -0.25) is 14.7 Å². The molecule has 6 nitrogen and oxygen atoms in total. The Morgan fingerprint density at radius 3 is 2.77 bits per heavy atom. The van der Waals surface area contributed by atoms with Crippen LogP contribution in [0.15, 0.2) is 59.0 Å². The molecule has 1 saturated heterocycles. The number of aliphatic hydroxyl groups excluding tert-OH is 1. The highest BCUT2D eigenvalue weighted by molar-refractivity contribution is 7.13. The van der Waals surface area contributed by atoms with Crippen molar-refractivity contribution in [2.24, 2.45) is 0 Å². The first-order chi connectivity index (χ1) is 14.7. The predicted molar refractivity (Wildman–Crippen MR) is 122 cm³/mol. The van der Waals surface area contributed by atoms with E-state index >= 15 is 0 Å². The van der Waals surface area contributed by atoms with Crippen molar-refractivity contribution in [2.75, 3.05) is 13.1 Å². The van der Waals surface area contributed by atoms with E-state index in [-0.39, 0.29) is 13.1 Å². The minimum atomic E-state index is -0.169. The molecule has 7 heteroatoms. The van der Waals surface area contributed by atoms with Gasteiger partial charge in [0.1, 0.15) is 5.01 Å². The van der Waals surface area contributed by atoms with Crippen molar-refractivity contribution in [1.29, 1.82) is 0 Å². The van der Waals surface area contributed by atoms with Gasteiger partial charge < -0.3 is 10.1 Å². The number of nitrogens with one attached hydrogen (secondary N) is 1. The Balaban J connectivity index is 0.00000231. The summed E-state index contributed by atoms with van der Waals surface area (Å²) in [5, 5.41) is 13.5. The molecule has 154 valence electrons. The molecule has 4 heterocycles. The zero-order chi connectivity index (χ0) is 20.5. The van der Waals surface area contributed by atoms with E-state index in [1.807, 2.05) is 23.6 Å². The second-order valence-electron chi connectivity index (χ2n) is 7.71. The van der Waals surface area contributed by atoms with Crippen LogP contribution in [-0.4, -0.2) is 44.2 Å². The summed E-state index contributed by atoms with van der Waals surface area (Å²) < 4.78 is 0. The van der Waals surface area contributed by atoms with Gasteiger partial charge >= 0.3 is 0 Å². The number of hydrogen-bond donors (Lipinski definition) is 2. The Hall–Kier alpha value is -2.87. The molecular weight excluding hydrogens is 396 g/mol. The van der Waals surface area contributed by atoms with Crippen molar-refractivity contribution in [3.63, 3.8) is 0 Å². The normalized spacial score (nSPS) is 15.6. The molecule has 0 amide bonds. The van der Waals surface area contributed by atoms with Crippen LogP contribution in [0.3, 0.4) is 0 Å². The van der Waals surface area contributed by atoms with E-state index in [0.717, 1.165) is 59.5 Å². The van der Waals surface area contributed by atoms with Crippen LogP contribution < -0.4 is 5.56 Å². The number of benzene rings is 1. The highest BCUT2D eigenvalue weighted by atomic mass is 32.1. The smallest absolute Gasteiger partial charge is 0.257 e. The van der Waals surface area contributed by atoms with Crippen molar-refractivity contribution in [3.8, 4) is 21.8 Å². The number of rotatable bonds is 4. The number of aromatic amines is 1. The highest BCUT2D eigenvalue weighted by Gasteiger charge is 2.17. The number of aromatic nitrogens is 3. The average molecular weight is 421 g/mol. The van der Waals surface area contributed by atoms with Gasteiger partial charge in [0.2, 0.25) is 0 Å². The van der Waals surface area contributed by atoms with E-state index in [2.05, 4.69) is 38.1 Å². The number of nitrogens with zero attached hydrogens (tertiary/aromatic N) is 3. The molecule has 0 radical (unpaired) electrons. The Morgan fingerprint density at radius 1 is 1.17 bits per heavy atom. The molecule has 1 aliphatic rings. The molecule has 30 heavy (non-hydrogen) atoms. The van der Waals surface area contributed by atoms with Crippen molar-refractivity contribution in [1.82, 2.24) is 19.9 Å². The number of hydrogen-bond acceptors (Lipinski definition) is 6. The number of aliphatic hydroxyl groups is 1. The van der Waals surface area contributed by atoms with Crippen LogP contribution in [0.4, 0.5) is 0 Å². The standard InChI is InChI=1S/C23H22N4O2S.H2/c28-18-5-9-27(10-6-18)13-15-1-2-17-12-19(22(29)25-20(17)11-15)21-14-30-23(26-21)16-3-7-24-8-4-16;/h1-4,7-8,11-12,14,18,28H,5-6,9-10,13H2,(H,25,29);1H. The molecule has 1 aliphatic heterocycles. The van der Waals surface area contributed by atoms with Crippen LogP contribution in [0.25, 0.3) is 32.7 Å². The van der Waals surface area contributed by atoms with Gasteiger partial charge in [-0.25, -0.2) is 4.98 Å². The van der Waals surface area contributed by atoms with Gasteiger partial charge in [0, 0.05) is 49.9 Å². The van der Waals surface area contributed by atoms with Crippen LogP contribution in [-0.2, 0) is 6.54 Å². The molecule has 5 rings (SSSR count). The molecule has 0 atom stereocenters. The third-order valence-corrected chi connectivity index (χ3v) is 6.47. The molecule has 3 aromatic heterocycles. The van der Waals surface area contributed by atoms with Crippen LogP contribution in [0.2, 0.25) is 0 Å². The van der Waals surface area contributed by atoms with Gasteiger partial charge in [0.25, 0.3) is 5.56 Å². The van der Waals surface area contributed by atoms with Crippen LogP contribution in [0.5, 0.6) is 0 Å². The van der Waals surface area contributed by atoms with E-state index in [4.69, 9.17) is 0 Å². The second kappa shape index (κ2) is 8.10. The lowest BCUT2D eigenvalue weighted by molar-refractivity contribution is 0.0792. The summed E-state index contributed by atoms with van der Waals surface area (Å²) in [5.41, 5.74) is 4.13. The molecule has 0 unspecified atom stereocenters. The Kier molecular flexibility index (Phi) is 5.16. The third kappa shape index (κ3) is 3.92. The minimum absolute atomic E-state index is 0. The van der Waals surface area contributed by atoms with Gasteiger partial charge in [-0.15, -0.1) is 11.3 Å². The molecule has 0 saturated carbocycles. The monoisotopic (exact) mass is 420 g/mol. The fourth-order valence-electron chi connectivity index (χ4n) is 3.90. The molecule has 0 spiro atoms. The van der Waals surface area contributed by atoms with E-state index in [1.54, 1.807) is 12.4 Å². The van der Waals surface area contributed by atoms with Gasteiger partial charge in [0.15, 0.2) is 0 Å². The first kappa shape index (κ1) is 19.1. The fourth-order valence-corrected chi connectivity index (χ4v) is 4.72. The lowest BCUT2D eigenvalue weighted by atomic mass is 10.1. The number of piperidine rings is 1. The summed E-state index contributed by atoms with van der Waals surface area (Å²) >= 11 is 1.52. The summed E-state index contributed by atoms with van der Waals surface area (Å²) in [7, 11) is 0. The summed E-state index contributed by atoms with van der Waals surface area (Å²) in [5.74, 6) is 0. The van der Waals surface area contributed by atoms with Crippen LogP contribution in [0.1, 0.15) is 19.8 Å². The SMILES string of the molecule is O=c1[nH]c2cc(CN3CCC(O)CC3)ccc2cc1-c1csc(-c2ccncc2)n1.[HH]. The summed E-state index contributed by atoms with van der Waals surface area (Å²) in [6.07, 6.45) is 4.95. The molecule has 1 fully saturated rings. The number of H-pyrrole nitrogens is 1. The van der Waals surface area contributed by atoms with Crippen molar-refractivity contribution in [3.05, 3.63) is 70.1 Å². The molecule has 4 aromatic rings. The van der Waals surface area contributed by atoms with Gasteiger partial charge in [0.05, 0.1) is 17.4 Å². The number of fused-ring (bicyclic) bond motifs is 1. The lowest BCUT2D eigenvalue weighted by Gasteiger charge is -2.29.